The van der Waals surface area contributed by atoms with Crippen LogP contribution in [0.5, 0.6) is 0 Å². The van der Waals surface area contributed by atoms with E-state index in [9.17, 15) is 9.59 Å². The predicted octanol–water partition coefficient (Wildman–Crippen LogP) is 2.03. The average molecular weight is 431 g/mol. The maximum Gasteiger partial charge on any atom is 0.276 e. The first-order valence-electron chi connectivity index (χ1n) is 10.9. The number of piperazine rings is 1. The van der Waals surface area contributed by atoms with Crippen LogP contribution in [0.15, 0.2) is 54.6 Å². The van der Waals surface area contributed by atoms with Gasteiger partial charge in [0.25, 0.3) is 11.8 Å². The van der Waals surface area contributed by atoms with Crippen molar-refractivity contribution < 1.29 is 9.59 Å². The zero-order chi connectivity index (χ0) is 22.1. The van der Waals surface area contributed by atoms with Crippen molar-refractivity contribution in [1.82, 2.24) is 30.1 Å². The topological polar surface area (TPSA) is 83.4 Å². The molecule has 1 atom stereocenters. The van der Waals surface area contributed by atoms with E-state index in [1.165, 1.54) is 11.1 Å². The number of amides is 2. The molecular formula is C24H26N6O2. The molecule has 0 spiro atoms. The first-order valence-corrected chi connectivity index (χ1v) is 10.9. The molecule has 1 unspecified atom stereocenters. The molecule has 8 heteroatoms. The summed E-state index contributed by atoms with van der Waals surface area (Å²) >= 11 is 0. The molecule has 1 saturated heterocycles. The van der Waals surface area contributed by atoms with Crippen LogP contribution >= 0.6 is 0 Å². The van der Waals surface area contributed by atoms with Crippen molar-refractivity contribution in [3.05, 3.63) is 82.7 Å². The lowest BCUT2D eigenvalue weighted by atomic mass is 10.0. The molecule has 0 bridgehead atoms. The maximum absolute atomic E-state index is 13.1. The van der Waals surface area contributed by atoms with Crippen molar-refractivity contribution in [1.29, 1.82) is 0 Å². The molecule has 0 saturated carbocycles. The van der Waals surface area contributed by atoms with Gasteiger partial charge in [-0.2, -0.15) is 0 Å². The van der Waals surface area contributed by atoms with Gasteiger partial charge in [0.05, 0.1) is 12.6 Å². The first kappa shape index (κ1) is 20.4. The van der Waals surface area contributed by atoms with Gasteiger partial charge in [-0.15, -0.1) is 5.10 Å². The second-order valence-corrected chi connectivity index (χ2v) is 8.46. The Bertz CT molecular complexity index is 1120. The van der Waals surface area contributed by atoms with E-state index in [0.29, 0.717) is 19.6 Å². The number of aryl methyl sites for hydroxylation is 1. The van der Waals surface area contributed by atoms with Crippen LogP contribution in [0.1, 0.15) is 43.7 Å². The molecule has 0 radical (unpaired) electrons. The minimum absolute atomic E-state index is 0.140. The highest BCUT2D eigenvalue weighted by atomic mass is 16.2. The number of carbonyl (C=O) groups is 2. The van der Waals surface area contributed by atoms with Gasteiger partial charge in [-0.3, -0.25) is 14.5 Å². The van der Waals surface area contributed by atoms with Gasteiger partial charge in [-0.1, -0.05) is 65.4 Å². The van der Waals surface area contributed by atoms with E-state index in [1.807, 2.05) is 30.3 Å². The fourth-order valence-corrected chi connectivity index (χ4v) is 4.34. The van der Waals surface area contributed by atoms with Crippen LogP contribution in [0.25, 0.3) is 0 Å². The lowest BCUT2D eigenvalue weighted by molar-refractivity contribution is 0.0617. The van der Waals surface area contributed by atoms with Crippen LogP contribution in [-0.4, -0.2) is 62.8 Å². The molecule has 2 aliphatic heterocycles. The van der Waals surface area contributed by atoms with Crippen molar-refractivity contribution in [3.63, 3.8) is 0 Å². The molecule has 3 heterocycles. The van der Waals surface area contributed by atoms with Gasteiger partial charge in [0.15, 0.2) is 11.4 Å². The highest BCUT2D eigenvalue weighted by Crippen LogP contribution is 2.23. The Morgan fingerprint density at radius 2 is 1.75 bits per heavy atom. The molecule has 1 fully saturated rings. The van der Waals surface area contributed by atoms with E-state index in [4.69, 9.17) is 0 Å². The third kappa shape index (κ3) is 4.01. The molecule has 0 aliphatic carbocycles. The largest absolute Gasteiger partial charge is 0.342 e. The summed E-state index contributed by atoms with van der Waals surface area (Å²) in [5.74, 6) is -0.536. The molecule has 2 amide bonds. The summed E-state index contributed by atoms with van der Waals surface area (Å²) in [7, 11) is 0. The normalized spacial score (nSPS) is 18.8. The molecule has 1 N–H and O–H groups in total. The first-order chi connectivity index (χ1) is 15.6. The summed E-state index contributed by atoms with van der Waals surface area (Å²) in [6.45, 7) is 6.18. The van der Waals surface area contributed by atoms with E-state index in [0.717, 1.165) is 25.2 Å². The average Bonchev–Trinajstić information content (AvgIpc) is 3.26. The van der Waals surface area contributed by atoms with Crippen LogP contribution in [0.2, 0.25) is 0 Å². The van der Waals surface area contributed by atoms with Crippen molar-refractivity contribution in [2.24, 2.45) is 0 Å². The van der Waals surface area contributed by atoms with Crippen LogP contribution in [0.3, 0.4) is 0 Å². The van der Waals surface area contributed by atoms with Crippen LogP contribution in [0, 0.1) is 6.92 Å². The van der Waals surface area contributed by atoms with E-state index >= 15 is 0 Å². The van der Waals surface area contributed by atoms with Gasteiger partial charge >= 0.3 is 0 Å². The maximum atomic E-state index is 13.1. The molecule has 8 nitrogen and oxygen atoms in total. The minimum Gasteiger partial charge on any atom is -0.342 e. The standard InChI is InChI=1S/C24H26N6O2/c1-17-7-9-18(10-8-17)15-28-11-13-29(14-12-28)24(32)21-22-23(31)25-20(16-30(22)27-26-21)19-5-3-2-4-6-19/h2-10,20H,11-16H2,1H3,(H,25,31). The summed E-state index contributed by atoms with van der Waals surface area (Å²) in [6.07, 6.45) is 0. The van der Waals surface area contributed by atoms with Gasteiger partial charge in [-0.05, 0) is 18.1 Å². The third-order valence-corrected chi connectivity index (χ3v) is 6.20. The lowest BCUT2D eigenvalue weighted by Crippen LogP contribution is -2.49. The number of fused-ring (bicyclic) bond motifs is 1. The van der Waals surface area contributed by atoms with Crippen molar-refractivity contribution >= 4 is 11.8 Å². The Balaban J connectivity index is 1.24. The van der Waals surface area contributed by atoms with Crippen LogP contribution in [0.4, 0.5) is 0 Å². The molecule has 2 aliphatic rings. The van der Waals surface area contributed by atoms with Crippen molar-refractivity contribution in [2.45, 2.75) is 26.1 Å². The van der Waals surface area contributed by atoms with Crippen molar-refractivity contribution in [3.8, 4) is 0 Å². The van der Waals surface area contributed by atoms with Crippen molar-refractivity contribution in [2.75, 3.05) is 26.2 Å². The number of aromatic nitrogens is 3. The highest BCUT2D eigenvalue weighted by Gasteiger charge is 2.35. The SMILES string of the molecule is Cc1ccc(CN2CCN(C(=O)c3nnn4c3C(=O)NC(c3ccccc3)C4)CC2)cc1. The van der Waals surface area contributed by atoms with E-state index < -0.39 is 0 Å². The second kappa shape index (κ2) is 8.55. The molecule has 1 aromatic heterocycles. The number of carbonyl (C=O) groups excluding carboxylic acids is 2. The van der Waals surface area contributed by atoms with Crippen LogP contribution in [-0.2, 0) is 13.1 Å². The molecule has 3 aromatic rings. The third-order valence-electron chi connectivity index (χ3n) is 6.20. The zero-order valence-electron chi connectivity index (χ0n) is 18.1. The molecule has 32 heavy (non-hydrogen) atoms. The number of benzene rings is 2. The van der Waals surface area contributed by atoms with Gasteiger partial charge in [-0.25, -0.2) is 4.68 Å². The van der Waals surface area contributed by atoms with Gasteiger partial charge < -0.3 is 10.2 Å². The summed E-state index contributed by atoms with van der Waals surface area (Å²) in [4.78, 5) is 30.1. The van der Waals surface area contributed by atoms with E-state index in [-0.39, 0.29) is 29.2 Å². The Morgan fingerprint density at radius 3 is 2.47 bits per heavy atom. The Kier molecular flexibility index (Phi) is 5.45. The van der Waals surface area contributed by atoms with E-state index in [2.05, 4.69) is 51.7 Å². The summed E-state index contributed by atoms with van der Waals surface area (Å²) in [5, 5.41) is 11.2. The molecule has 164 valence electrons. The lowest BCUT2D eigenvalue weighted by Gasteiger charge is -2.34. The number of hydrogen-bond acceptors (Lipinski definition) is 5. The molecule has 2 aromatic carbocycles. The summed E-state index contributed by atoms with van der Waals surface area (Å²) in [5.41, 5.74) is 3.91. The van der Waals surface area contributed by atoms with Crippen LogP contribution < -0.4 is 5.32 Å². The Morgan fingerprint density at radius 1 is 1.03 bits per heavy atom. The minimum atomic E-state index is -0.309. The van der Waals surface area contributed by atoms with Gasteiger partial charge in [0, 0.05) is 32.7 Å². The monoisotopic (exact) mass is 430 g/mol. The molecule has 5 rings (SSSR count). The fraction of sp³-hybridized carbons (Fsp3) is 0.333. The Hall–Kier alpha value is -3.52. The summed E-state index contributed by atoms with van der Waals surface area (Å²) < 4.78 is 1.55. The number of hydrogen-bond donors (Lipinski definition) is 1. The predicted molar refractivity (Wildman–Crippen MR) is 119 cm³/mol. The number of rotatable bonds is 4. The molecular weight excluding hydrogens is 404 g/mol. The Labute approximate surface area is 186 Å². The quantitative estimate of drug-likeness (QED) is 0.685. The number of nitrogens with one attached hydrogen (secondary N) is 1. The zero-order valence-corrected chi connectivity index (χ0v) is 18.1. The number of nitrogens with zero attached hydrogens (tertiary/aromatic N) is 5. The second-order valence-electron chi connectivity index (χ2n) is 8.46. The van der Waals surface area contributed by atoms with Gasteiger partial charge in [0.2, 0.25) is 0 Å². The van der Waals surface area contributed by atoms with E-state index in [1.54, 1.807) is 9.58 Å². The fourth-order valence-electron chi connectivity index (χ4n) is 4.34. The smallest absolute Gasteiger partial charge is 0.276 e. The highest BCUT2D eigenvalue weighted by molar-refractivity contribution is 6.05. The summed E-state index contributed by atoms with van der Waals surface area (Å²) in [6, 6.07) is 18.1. The van der Waals surface area contributed by atoms with Gasteiger partial charge in [0.1, 0.15) is 0 Å².